The molecule has 0 aliphatic carbocycles. The van der Waals surface area contributed by atoms with Crippen molar-refractivity contribution in [3.63, 3.8) is 0 Å². The lowest BCUT2D eigenvalue weighted by atomic mass is 10.1. The molecule has 0 bridgehead atoms. The van der Waals surface area contributed by atoms with Gasteiger partial charge in [0, 0.05) is 17.6 Å². The fraction of sp³-hybridized carbons (Fsp3) is 0.429. The molecule has 0 spiro atoms. The van der Waals surface area contributed by atoms with Crippen LogP contribution in [0.3, 0.4) is 0 Å². The van der Waals surface area contributed by atoms with Crippen molar-refractivity contribution >= 4 is 26.0 Å². The summed E-state index contributed by atoms with van der Waals surface area (Å²) in [6.45, 7) is 4.50. The predicted molar refractivity (Wildman–Crippen MR) is 84.7 cm³/mol. The highest BCUT2D eigenvalue weighted by molar-refractivity contribution is 9.10. The number of terminal acetylenes is 1. The first kappa shape index (κ1) is 17.2. The highest BCUT2D eigenvalue weighted by Crippen LogP contribution is 2.29. The molecule has 0 aromatic heterocycles. The Hall–Kier alpha value is -0.870. The molecule has 0 saturated heterocycles. The van der Waals surface area contributed by atoms with Gasteiger partial charge in [-0.1, -0.05) is 18.9 Å². The van der Waals surface area contributed by atoms with Gasteiger partial charge in [-0.25, -0.2) is 8.42 Å². The summed E-state index contributed by atoms with van der Waals surface area (Å²) < 4.78 is 27.3. The van der Waals surface area contributed by atoms with Crippen LogP contribution in [-0.4, -0.2) is 25.8 Å². The number of nitrogens with two attached hydrogens (primary N) is 1. The molecule has 0 radical (unpaired) electrons. The molecule has 1 aromatic rings. The topological polar surface area (TPSA) is 63.4 Å². The molecule has 0 unspecified atom stereocenters. The zero-order valence-electron chi connectivity index (χ0n) is 11.7. The lowest BCUT2D eigenvalue weighted by molar-refractivity contribution is 0.445. The molecular weight excluding hydrogens is 340 g/mol. The van der Waals surface area contributed by atoms with E-state index in [9.17, 15) is 8.42 Å². The van der Waals surface area contributed by atoms with E-state index in [0.29, 0.717) is 24.0 Å². The van der Waals surface area contributed by atoms with E-state index in [1.54, 1.807) is 6.07 Å². The first-order chi connectivity index (χ1) is 9.38. The van der Waals surface area contributed by atoms with Crippen LogP contribution in [0.25, 0.3) is 0 Å². The van der Waals surface area contributed by atoms with Crippen LogP contribution in [-0.2, 0) is 16.6 Å². The fourth-order valence-electron chi connectivity index (χ4n) is 1.89. The van der Waals surface area contributed by atoms with Crippen molar-refractivity contribution in [2.75, 3.05) is 13.1 Å². The number of sulfonamides is 1. The van der Waals surface area contributed by atoms with E-state index in [4.69, 9.17) is 12.2 Å². The van der Waals surface area contributed by atoms with E-state index in [1.807, 2.05) is 19.9 Å². The Balaban J connectivity index is 3.40. The molecule has 0 aliphatic rings. The van der Waals surface area contributed by atoms with Gasteiger partial charge in [-0.05, 0) is 46.5 Å². The van der Waals surface area contributed by atoms with E-state index in [1.165, 1.54) is 4.31 Å². The summed E-state index contributed by atoms with van der Waals surface area (Å²) in [7, 11) is -3.62. The van der Waals surface area contributed by atoms with Crippen LogP contribution in [0.1, 0.15) is 24.5 Å². The molecule has 0 amide bonds. The monoisotopic (exact) mass is 358 g/mol. The molecule has 1 aromatic carbocycles. The molecular formula is C14H19BrN2O2S. The smallest absolute Gasteiger partial charge is 0.245 e. The molecule has 0 fully saturated rings. The first-order valence-electron chi connectivity index (χ1n) is 6.31. The summed E-state index contributed by atoms with van der Waals surface area (Å²) in [5, 5.41) is 0. The van der Waals surface area contributed by atoms with Gasteiger partial charge in [0.1, 0.15) is 0 Å². The first-order valence-corrected chi connectivity index (χ1v) is 8.54. The second-order valence-electron chi connectivity index (χ2n) is 4.47. The zero-order chi connectivity index (χ0) is 15.3. The van der Waals surface area contributed by atoms with Crippen LogP contribution < -0.4 is 5.73 Å². The third-order valence-electron chi connectivity index (χ3n) is 2.88. The standard InChI is InChI=1S/C14H19BrN2O2S/c1-4-6-17(7-5-2)20(18,19)13-9-12(10-16)8-11(3)14(13)15/h1,8-9H,5-7,10,16H2,2-3H3. The largest absolute Gasteiger partial charge is 0.326 e. The van der Waals surface area contributed by atoms with Crippen molar-refractivity contribution < 1.29 is 8.42 Å². The van der Waals surface area contributed by atoms with Crippen molar-refractivity contribution in [3.05, 3.63) is 27.7 Å². The molecule has 0 heterocycles. The minimum atomic E-state index is -3.62. The van der Waals surface area contributed by atoms with Crippen LogP contribution in [0.2, 0.25) is 0 Å². The Labute approximate surface area is 129 Å². The van der Waals surface area contributed by atoms with Gasteiger partial charge < -0.3 is 5.73 Å². The highest BCUT2D eigenvalue weighted by atomic mass is 79.9. The summed E-state index contributed by atoms with van der Waals surface area (Å²) in [6.07, 6.45) is 5.97. The third kappa shape index (κ3) is 3.61. The van der Waals surface area contributed by atoms with Crippen LogP contribution in [0.5, 0.6) is 0 Å². The maximum atomic E-state index is 12.7. The van der Waals surface area contributed by atoms with Crippen molar-refractivity contribution in [3.8, 4) is 12.3 Å². The Morgan fingerprint density at radius 3 is 2.60 bits per heavy atom. The molecule has 0 saturated carbocycles. The SMILES string of the molecule is C#CCN(CCC)S(=O)(=O)c1cc(CN)cc(C)c1Br. The van der Waals surface area contributed by atoms with E-state index in [2.05, 4.69) is 21.9 Å². The summed E-state index contributed by atoms with van der Waals surface area (Å²) in [4.78, 5) is 0.224. The highest BCUT2D eigenvalue weighted by Gasteiger charge is 2.26. The number of halogens is 1. The van der Waals surface area contributed by atoms with Crippen LogP contribution in [0.4, 0.5) is 0 Å². The predicted octanol–water partition coefficient (Wildman–Crippen LogP) is 2.25. The number of hydrogen-bond acceptors (Lipinski definition) is 3. The maximum absolute atomic E-state index is 12.7. The number of nitrogens with zero attached hydrogens (tertiary/aromatic N) is 1. The van der Waals surface area contributed by atoms with Gasteiger partial charge >= 0.3 is 0 Å². The van der Waals surface area contributed by atoms with Crippen LogP contribution in [0.15, 0.2) is 21.5 Å². The average molecular weight is 359 g/mol. The minimum absolute atomic E-state index is 0.0640. The summed E-state index contributed by atoms with van der Waals surface area (Å²) >= 11 is 3.35. The molecule has 0 atom stereocenters. The Kier molecular flexibility index (Phi) is 6.21. The van der Waals surface area contributed by atoms with Crippen molar-refractivity contribution in [1.29, 1.82) is 0 Å². The third-order valence-corrected chi connectivity index (χ3v) is 6.06. The van der Waals surface area contributed by atoms with Crippen molar-refractivity contribution in [1.82, 2.24) is 4.31 Å². The summed E-state index contributed by atoms with van der Waals surface area (Å²) in [5.41, 5.74) is 7.23. The lowest BCUT2D eigenvalue weighted by Crippen LogP contribution is -2.32. The number of rotatable bonds is 6. The van der Waals surface area contributed by atoms with Crippen LogP contribution in [0, 0.1) is 19.3 Å². The van der Waals surface area contributed by atoms with Gasteiger partial charge in [0.25, 0.3) is 0 Å². The molecule has 6 heteroatoms. The molecule has 20 heavy (non-hydrogen) atoms. The number of aryl methyl sites for hydroxylation is 1. The Morgan fingerprint density at radius 1 is 1.45 bits per heavy atom. The summed E-state index contributed by atoms with van der Waals surface area (Å²) in [6, 6.07) is 3.47. The average Bonchev–Trinajstić information content (AvgIpc) is 2.41. The summed E-state index contributed by atoms with van der Waals surface area (Å²) in [5.74, 6) is 2.40. The quantitative estimate of drug-likeness (QED) is 0.793. The minimum Gasteiger partial charge on any atom is -0.326 e. The zero-order valence-corrected chi connectivity index (χ0v) is 14.1. The Bertz CT molecular complexity index is 621. The molecule has 4 nitrogen and oxygen atoms in total. The van der Waals surface area contributed by atoms with Gasteiger partial charge in [0.2, 0.25) is 10.0 Å². The molecule has 0 aliphatic heterocycles. The van der Waals surface area contributed by atoms with Crippen molar-refractivity contribution in [2.24, 2.45) is 5.73 Å². The second-order valence-corrected chi connectivity index (χ2v) is 7.17. The molecule has 2 N–H and O–H groups in total. The Morgan fingerprint density at radius 2 is 2.10 bits per heavy atom. The fourth-order valence-corrected chi connectivity index (χ4v) is 4.37. The van der Waals surface area contributed by atoms with E-state index in [-0.39, 0.29) is 11.4 Å². The second kappa shape index (κ2) is 7.23. The van der Waals surface area contributed by atoms with Gasteiger partial charge in [-0.3, -0.25) is 0 Å². The molecule has 1 rings (SSSR count). The van der Waals surface area contributed by atoms with Crippen molar-refractivity contribution in [2.45, 2.75) is 31.7 Å². The van der Waals surface area contributed by atoms with E-state index >= 15 is 0 Å². The van der Waals surface area contributed by atoms with E-state index < -0.39 is 10.0 Å². The normalized spacial score (nSPS) is 11.6. The van der Waals surface area contributed by atoms with E-state index in [0.717, 1.165) is 11.1 Å². The van der Waals surface area contributed by atoms with Crippen LogP contribution >= 0.6 is 15.9 Å². The number of benzene rings is 1. The van der Waals surface area contributed by atoms with Gasteiger partial charge in [-0.15, -0.1) is 6.42 Å². The van der Waals surface area contributed by atoms with Gasteiger partial charge in [-0.2, -0.15) is 4.31 Å². The van der Waals surface area contributed by atoms with Gasteiger partial charge in [0.15, 0.2) is 0 Å². The lowest BCUT2D eigenvalue weighted by Gasteiger charge is -2.21. The van der Waals surface area contributed by atoms with Gasteiger partial charge in [0.05, 0.1) is 11.4 Å². The maximum Gasteiger partial charge on any atom is 0.245 e. The molecule has 110 valence electrons. The number of hydrogen-bond donors (Lipinski definition) is 1.